The van der Waals surface area contributed by atoms with Crippen LogP contribution in [0.2, 0.25) is 0 Å². The first-order valence-electron chi connectivity index (χ1n) is 6.08. The van der Waals surface area contributed by atoms with Crippen LogP contribution in [0, 0.1) is 5.82 Å². The molecular formula is C15H17FN2. The summed E-state index contributed by atoms with van der Waals surface area (Å²) in [5.41, 5.74) is 2.22. The Morgan fingerprint density at radius 2 is 1.67 bits per heavy atom. The second-order valence-electron chi connectivity index (χ2n) is 4.45. The van der Waals surface area contributed by atoms with Gasteiger partial charge in [-0.15, -0.1) is 0 Å². The highest BCUT2D eigenvalue weighted by molar-refractivity contribution is 5.20. The Balaban J connectivity index is 2.03. The summed E-state index contributed by atoms with van der Waals surface area (Å²) >= 11 is 0. The van der Waals surface area contributed by atoms with Crippen LogP contribution in [0.1, 0.15) is 37.1 Å². The summed E-state index contributed by atoms with van der Waals surface area (Å²) in [5, 5.41) is 3.47. The Morgan fingerprint density at radius 1 is 1.00 bits per heavy atom. The number of halogens is 1. The molecule has 0 aliphatic carbocycles. The van der Waals surface area contributed by atoms with Crippen molar-refractivity contribution in [2.45, 2.75) is 25.9 Å². The van der Waals surface area contributed by atoms with Gasteiger partial charge in [-0.3, -0.25) is 4.98 Å². The maximum Gasteiger partial charge on any atom is 0.123 e. The van der Waals surface area contributed by atoms with Gasteiger partial charge in [-0.25, -0.2) is 4.39 Å². The van der Waals surface area contributed by atoms with Gasteiger partial charge in [-0.1, -0.05) is 18.2 Å². The number of hydrogen-bond acceptors (Lipinski definition) is 2. The largest absolute Gasteiger partial charge is 0.304 e. The van der Waals surface area contributed by atoms with Crippen LogP contribution in [0.3, 0.4) is 0 Å². The molecule has 2 atom stereocenters. The molecule has 2 nitrogen and oxygen atoms in total. The van der Waals surface area contributed by atoms with E-state index in [0.717, 1.165) is 11.1 Å². The third kappa shape index (κ3) is 3.14. The fourth-order valence-corrected chi connectivity index (χ4v) is 1.95. The number of benzene rings is 1. The average Bonchev–Trinajstić information content (AvgIpc) is 2.40. The molecule has 0 saturated carbocycles. The Kier molecular flexibility index (Phi) is 4.05. The first kappa shape index (κ1) is 12.7. The number of nitrogens with zero attached hydrogens (tertiary/aromatic N) is 1. The van der Waals surface area contributed by atoms with Crippen LogP contribution >= 0.6 is 0 Å². The monoisotopic (exact) mass is 244 g/mol. The van der Waals surface area contributed by atoms with E-state index in [-0.39, 0.29) is 17.9 Å². The molecule has 2 rings (SSSR count). The fourth-order valence-electron chi connectivity index (χ4n) is 1.95. The number of nitrogens with one attached hydrogen (secondary N) is 1. The maximum absolute atomic E-state index is 12.8. The minimum atomic E-state index is -0.203. The zero-order valence-corrected chi connectivity index (χ0v) is 10.6. The summed E-state index contributed by atoms with van der Waals surface area (Å²) in [7, 11) is 0. The van der Waals surface area contributed by atoms with E-state index in [1.165, 1.54) is 12.1 Å². The third-order valence-electron chi connectivity index (χ3n) is 3.05. The van der Waals surface area contributed by atoms with E-state index in [4.69, 9.17) is 0 Å². The second kappa shape index (κ2) is 5.74. The Labute approximate surface area is 107 Å². The summed E-state index contributed by atoms with van der Waals surface area (Å²) in [6.07, 6.45) is 3.62. The molecule has 0 spiro atoms. The Bertz CT molecular complexity index is 482. The lowest BCUT2D eigenvalue weighted by Crippen LogP contribution is -2.22. The van der Waals surface area contributed by atoms with E-state index >= 15 is 0 Å². The van der Waals surface area contributed by atoms with Crippen molar-refractivity contribution >= 4 is 0 Å². The third-order valence-corrected chi connectivity index (χ3v) is 3.05. The van der Waals surface area contributed by atoms with Gasteiger partial charge in [0.25, 0.3) is 0 Å². The first-order chi connectivity index (χ1) is 8.66. The van der Waals surface area contributed by atoms with Crippen LogP contribution < -0.4 is 5.32 Å². The molecule has 0 aliphatic rings. The van der Waals surface area contributed by atoms with Gasteiger partial charge in [-0.2, -0.15) is 0 Å². The van der Waals surface area contributed by atoms with E-state index in [0.29, 0.717) is 0 Å². The van der Waals surface area contributed by atoms with Gasteiger partial charge in [0.15, 0.2) is 0 Å². The molecule has 1 unspecified atom stereocenters. The van der Waals surface area contributed by atoms with Crippen LogP contribution in [0.15, 0.2) is 48.8 Å². The molecule has 1 N–H and O–H groups in total. The smallest absolute Gasteiger partial charge is 0.123 e. The normalized spacial score (nSPS) is 14.2. The Morgan fingerprint density at radius 3 is 2.28 bits per heavy atom. The molecule has 1 heterocycles. The van der Waals surface area contributed by atoms with E-state index < -0.39 is 0 Å². The van der Waals surface area contributed by atoms with E-state index in [2.05, 4.69) is 24.1 Å². The molecule has 18 heavy (non-hydrogen) atoms. The standard InChI is InChI=1S/C15H17FN2/c1-11(13-5-7-15(16)8-6-13)18-12(2)14-4-3-9-17-10-14/h3-12,18H,1-2H3/t11?,12-/m0/s1. The molecule has 0 aliphatic heterocycles. The van der Waals surface area contributed by atoms with Crippen LogP contribution in [0.25, 0.3) is 0 Å². The average molecular weight is 244 g/mol. The quantitative estimate of drug-likeness (QED) is 0.888. The first-order valence-corrected chi connectivity index (χ1v) is 6.08. The van der Waals surface area contributed by atoms with Gasteiger partial charge < -0.3 is 5.32 Å². The molecule has 0 fully saturated rings. The number of rotatable bonds is 4. The molecule has 0 saturated heterocycles. The van der Waals surface area contributed by atoms with Gasteiger partial charge in [0.05, 0.1) is 0 Å². The van der Waals surface area contributed by atoms with E-state index in [1.54, 1.807) is 6.20 Å². The minimum Gasteiger partial charge on any atom is -0.304 e. The topological polar surface area (TPSA) is 24.9 Å². The van der Waals surface area contributed by atoms with Crippen LogP contribution in [0.5, 0.6) is 0 Å². The highest BCUT2D eigenvalue weighted by atomic mass is 19.1. The molecular weight excluding hydrogens is 227 g/mol. The predicted molar refractivity (Wildman–Crippen MR) is 70.6 cm³/mol. The fraction of sp³-hybridized carbons (Fsp3) is 0.267. The summed E-state index contributed by atoms with van der Waals surface area (Å²) < 4.78 is 12.8. The van der Waals surface area contributed by atoms with Gasteiger partial charge in [0.2, 0.25) is 0 Å². The number of pyridine rings is 1. The molecule has 1 aromatic carbocycles. The summed E-state index contributed by atoms with van der Waals surface area (Å²) in [6, 6.07) is 10.9. The van der Waals surface area contributed by atoms with Crippen molar-refractivity contribution in [2.24, 2.45) is 0 Å². The zero-order valence-electron chi connectivity index (χ0n) is 10.6. The molecule has 0 bridgehead atoms. The number of hydrogen-bond donors (Lipinski definition) is 1. The van der Waals surface area contributed by atoms with Gasteiger partial charge in [0.1, 0.15) is 5.82 Å². The van der Waals surface area contributed by atoms with E-state index in [1.807, 2.05) is 30.5 Å². The van der Waals surface area contributed by atoms with Crippen molar-refractivity contribution in [3.05, 3.63) is 65.7 Å². The lowest BCUT2D eigenvalue weighted by atomic mass is 10.1. The summed E-state index contributed by atoms with van der Waals surface area (Å²) in [6.45, 7) is 4.16. The van der Waals surface area contributed by atoms with E-state index in [9.17, 15) is 4.39 Å². The maximum atomic E-state index is 12.8. The summed E-state index contributed by atoms with van der Waals surface area (Å²) in [4.78, 5) is 4.11. The van der Waals surface area contributed by atoms with Gasteiger partial charge in [0, 0.05) is 24.5 Å². The molecule has 94 valence electrons. The van der Waals surface area contributed by atoms with Crippen molar-refractivity contribution in [1.82, 2.24) is 10.3 Å². The molecule has 1 aromatic heterocycles. The van der Waals surface area contributed by atoms with Crippen molar-refractivity contribution in [1.29, 1.82) is 0 Å². The van der Waals surface area contributed by atoms with Crippen molar-refractivity contribution in [2.75, 3.05) is 0 Å². The summed E-state index contributed by atoms with van der Waals surface area (Å²) in [5.74, 6) is -0.203. The highest BCUT2D eigenvalue weighted by Gasteiger charge is 2.10. The zero-order chi connectivity index (χ0) is 13.0. The predicted octanol–water partition coefficient (Wildman–Crippen LogP) is 3.63. The second-order valence-corrected chi connectivity index (χ2v) is 4.45. The number of aromatic nitrogens is 1. The Hall–Kier alpha value is -1.74. The van der Waals surface area contributed by atoms with Crippen molar-refractivity contribution < 1.29 is 4.39 Å². The lowest BCUT2D eigenvalue weighted by molar-refractivity contribution is 0.493. The molecule has 3 heteroatoms. The van der Waals surface area contributed by atoms with Crippen LogP contribution in [0.4, 0.5) is 4.39 Å². The highest BCUT2D eigenvalue weighted by Crippen LogP contribution is 2.18. The van der Waals surface area contributed by atoms with Crippen molar-refractivity contribution in [3.63, 3.8) is 0 Å². The van der Waals surface area contributed by atoms with Crippen LogP contribution in [-0.2, 0) is 0 Å². The van der Waals surface area contributed by atoms with Gasteiger partial charge in [-0.05, 0) is 43.2 Å². The van der Waals surface area contributed by atoms with Crippen molar-refractivity contribution in [3.8, 4) is 0 Å². The SMILES string of the molecule is CC(N[C@@H](C)c1cccnc1)c1ccc(F)cc1. The van der Waals surface area contributed by atoms with Crippen LogP contribution in [-0.4, -0.2) is 4.98 Å². The van der Waals surface area contributed by atoms with Gasteiger partial charge >= 0.3 is 0 Å². The minimum absolute atomic E-state index is 0.167. The molecule has 0 radical (unpaired) electrons. The molecule has 2 aromatic rings. The molecule has 0 amide bonds. The lowest BCUT2D eigenvalue weighted by Gasteiger charge is -2.20.